The van der Waals surface area contributed by atoms with Crippen LogP contribution in [0, 0.1) is 0 Å². The molecule has 0 fully saturated rings. The van der Waals surface area contributed by atoms with E-state index in [1.54, 1.807) is 27.8 Å². The van der Waals surface area contributed by atoms with Gasteiger partial charge in [-0.25, -0.2) is 0 Å². The van der Waals surface area contributed by atoms with Crippen LogP contribution >= 0.6 is 21.6 Å². The van der Waals surface area contributed by atoms with Crippen molar-refractivity contribution in [1.82, 2.24) is 15.6 Å². The lowest BCUT2D eigenvalue weighted by atomic mass is 10.2. The van der Waals surface area contributed by atoms with Crippen LogP contribution in [0.3, 0.4) is 0 Å². The first-order chi connectivity index (χ1) is 20.2. The van der Waals surface area contributed by atoms with E-state index in [0.717, 1.165) is 68.6 Å². The Bertz CT molecular complexity index is 996. The minimum atomic E-state index is -0.0927. The number of aryl methyl sites for hydroxylation is 1. The van der Waals surface area contributed by atoms with Crippen LogP contribution in [-0.2, 0) is 11.2 Å². The zero-order valence-electron chi connectivity index (χ0n) is 24.9. The molecule has 0 radical (unpaired) electrons. The molecule has 224 valence electrons. The highest BCUT2D eigenvalue weighted by Crippen LogP contribution is 2.19. The van der Waals surface area contributed by atoms with Gasteiger partial charge in [-0.3, -0.25) is 14.6 Å². The molecule has 1 heterocycles. The van der Waals surface area contributed by atoms with Crippen LogP contribution in [0.5, 0.6) is 0 Å². The predicted molar refractivity (Wildman–Crippen MR) is 181 cm³/mol. The number of allylic oxidation sites excluding steroid dienone is 12. The first-order valence-electron chi connectivity index (χ1n) is 14.8. The third-order valence-electron chi connectivity index (χ3n) is 5.65. The van der Waals surface area contributed by atoms with Gasteiger partial charge in [-0.15, -0.1) is 0 Å². The molecule has 2 amide bonds. The van der Waals surface area contributed by atoms with Crippen molar-refractivity contribution in [3.05, 3.63) is 102 Å². The average molecular weight is 596 g/mol. The number of pyridine rings is 1. The molecule has 0 saturated carbocycles. The molecule has 1 aromatic rings. The molecule has 0 aliphatic heterocycles. The third kappa shape index (κ3) is 22.6. The standard InChI is InChI=1S/C34H49N3O2S2/c1-3-5-6-7-8-9-10-11-12-13-14-15-16-17-18-19-20-21-22-23-33(38)35-26-28-40-41-29-27-36-34(39)31-24-25-32(4-2)37-30-31/h5-6,8-9,11-12,14-15,17-18,20-21,24-25,30H,3-4,7,10,13,16,19,22-23,26-29H2,1-2H3,(H,35,38)(H,36,39)/b6-5-,9-8-,12-11-,15-14-,18-17-,21-20-. The average Bonchev–Trinajstić information content (AvgIpc) is 2.99. The molecule has 0 bridgehead atoms. The van der Waals surface area contributed by atoms with Crippen LogP contribution in [0.1, 0.15) is 81.3 Å². The number of hydrogen-bond acceptors (Lipinski definition) is 5. The Labute approximate surface area is 256 Å². The molecular formula is C34H49N3O2S2. The van der Waals surface area contributed by atoms with Gasteiger partial charge in [0, 0.05) is 42.9 Å². The lowest BCUT2D eigenvalue weighted by Crippen LogP contribution is -2.26. The molecule has 0 atom stereocenters. The van der Waals surface area contributed by atoms with E-state index in [9.17, 15) is 9.59 Å². The van der Waals surface area contributed by atoms with Crippen molar-refractivity contribution in [1.29, 1.82) is 0 Å². The summed E-state index contributed by atoms with van der Waals surface area (Å²) in [6.07, 6.45) is 35.9. The Kier molecular flexibility index (Phi) is 24.2. The van der Waals surface area contributed by atoms with E-state index in [0.29, 0.717) is 25.1 Å². The molecule has 41 heavy (non-hydrogen) atoms. The molecule has 0 aromatic carbocycles. The van der Waals surface area contributed by atoms with E-state index in [1.807, 2.05) is 19.1 Å². The van der Waals surface area contributed by atoms with Gasteiger partial charge in [0.15, 0.2) is 0 Å². The highest BCUT2D eigenvalue weighted by atomic mass is 33.1. The topological polar surface area (TPSA) is 71.1 Å². The molecule has 1 aromatic heterocycles. The maximum Gasteiger partial charge on any atom is 0.252 e. The summed E-state index contributed by atoms with van der Waals surface area (Å²) in [4.78, 5) is 28.3. The Hall–Kier alpha value is -2.77. The summed E-state index contributed by atoms with van der Waals surface area (Å²) in [5.74, 6) is 1.65. The Morgan fingerprint density at radius 3 is 1.71 bits per heavy atom. The highest BCUT2D eigenvalue weighted by molar-refractivity contribution is 8.76. The van der Waals surface area contributed by atoms with Crippen molar-refractivity contribution in [3.8, 4) is 0 Å². The fourth-order valence-corrected chi connectivity index (χ4v) is 5.18. The summed E-state index contributed by atoms with van der Waals surface area (Å²) in [6.45, 7) is 5.45. The van der Waals surface area contributed by atoms with E-state index >= 15 is 0 Å². The van der Waals surface area contributed by atoms with E-state index < -0.39 is 0 Å². The smallest absolute Gasteiger partial charge is 0.252 e. The normalized spacial score (nSPS) is 12.2. The SMILES string of the molecule is CC/C=C\C/C=C\C/C=C\C/C=C\C/C=C\C/C=C\CCC(=O)NCCSSCCNC(=O)c1ccc(CC)nc1. The minimum Gasteiger partial charge on any atom is -0.355 e. The largest absolute Gasteiger partial charge is 0.355 e. The van der Waals surface area contributed by atoms with E-state index in [-0.39, 0.29) is 11.8 Å². The van der Waals surface area contributed by atoms with Crippen LogP contribution in [-0.4, -0.2) is 41.4 Å². The molecular weight excluding hydrogens is 547 g/mol. The monoisotopic (exact) mass is 595 g/mol. The minimum absolute atomic E-state index is 0.0880. The molecule has 2 N–H and O–H groups in total. The second-order valence-electron chi connectivity index (χ2n) is 9.10. The Morgan fingerprint density at radius 2 is 1.22 bits per heavy atom. The zero-order chi connectivity index (χ0) is 29.6. The summed E-state index contributed by atoms with van der Waals surface area (Å²) in [5, 5.41) is 5.88. The molecule has 0 saturated heterocycles. The van der Waals surface area contributed by atoms with Crippen LogP contribution < -0.4 is 10.6 Å². The van der Waals surface area contributed by atoms with Crippen LogP contribution in [0.25, 0.3) is 0 Å². The number of carbonyl (C=O) groups is 2. The van der Waals surface area contributed by atoms with E-state index in [4.69, 9.17) is 0 Å². The van der Waals surface area contributed by atoms with Gasteiger partial charge >= 0.3 is 0 Å². The number of amides is 2. The van der Waals surface area contributed by atoms with Crippen molar-refractivity contribution in [2.45, 2.75) is 71.6 Å². The molecule has 0 unspecified atom stereocenters. The van der Waals surface area contributed by atoms with Gasteiger partial charge in [0.2, 0.25) is 5.91 Å². The summed E-state index contributed by atoms with van der Waals surface area (Å²) in [7, 11) is 3.40. The Morgan fingerprint density at radius 1 is 0.707 bits per heavy atom. The fraction of sp³-hybridized carbons (Fsp3) is 0.441. The Balaban J connectivity index is 1.92. The van der Waals surface area contributed by atoms with E-state index in [1.165, 1.54) is 0 Å². The molecule has 0 aliphatic rings. The van der Waals surface area contributed by atoms with Crippen molar-refractivity contribution in [2.75, 3.05) is 24.6 Å². The van der Waals surface area contributed by atoms with Crippen molar-refractivity contribution in [3.63, 3.8) is 0 Å². The third-order valence-corrected chi connectivity index (χ3v) is 8.05. The van der Waals surface area contributed by atoms with Crippen molar-refractivity contribution in [2.24, 2.45) is 0 Å². The van der Waals surface area contributed by atoms with Gasteiger partial charge in [0.1, 0.15) is 0 Å². The maximum absolute atomic E-state index is 12.1. The number of rotatable bonds is 23. The van der Waals surface area contributed by atoms with Gasteiger partial charge < -0.3 is 10.6 Å². The van der Waals surface area contributed by atoms with Gasteiger partial charge in [0.25, 0.3) is 5.91 Å². The molecule has 7 heteroatoms. The fourth-order valence-electron chi connectivity index (χ4n) is 3.37. The van der Waals surface area contributed by atoms with Crippen molar-refractivity contribution >= 4 is 33.4 Å². The second-order valence-corrected chi connectivity index (χ2v) is 11.8. The van der Waals surface area contributed by atoms with Gasteiger partial charge in [0.05, 0.1) is 5.56 Å². The molecule has 1 rings (SSSR count). The molecule has 5 nitrogen and oxygen atoms in total. The lowest BCUT2D eigenvalue weighted by Gasteiger charge is -2.06. The summed E-state index contributed by atoms with van der Waals surface area (Å²) in [6, 6.07) is 3.70. The molecule has 0 spiro atoms. The van der Waals surface area contributed by atoms with Crippen LogP contribution in [0.15, 0.2) is 91.2 Å². The van der Waals surface area contributed by atoms with Gasteiger partial charge in [-0.2, -0.15) is 0 Å². The summed E-state index contributed by atoms with van der Waals surface area (Å²) >= 11 is 0. The number of aromatic nitrogens is 1. The lowest BCUT2D eigenvalue weighted by molar-refractivity contribution is -0.120. The first-order valence-corrected chi connectivity index (χ1v) is 17.3. The first kappa shape index (κ1) is 36.3. The zero-order valence-corrected chi connectivity index (χ0v) is 26.6. The van der Waals surface area contributed by atoms with Gasteiger partial charge in [-0.05, 0) is 63.5 Å². The predicted octanol–water partition coefficient (Wildman–Crippen LogP) is 8.35. The highest BCUT2D eigenvalue weighted by Gasteiger charge is 2.05. The maximum atomic E-state index is 12.1. The molecule has 0 aliphatic carbocycles. The summed E-state index contributed by atoms with van der Waals surface area (Å²) in [5.41, 5.74) is 1.57. The van der Waals surface area contributed by atoms with Crippen LogP contribution in [0.2, 0.25) is 0 Å². The number of hydrogen-bond donors (Lipinski definition) is 2. The van der Waals surface area contributed by atoms with Gasteiger partial charge in [-0.1, -0.05) is 108 Å². The van der Waals surface area contributed by atoms with Crippen molar-refractivity contribution < 1.29 is 9.59 Å². The second kappa shape index (κ2) is 27.4. The quantitative estimate of drug-likeness (QED) is 0.0756. The number of nitrogens with zero attached hydrogens (tertiary/aromatic N) is 1. The van der Waals surface area contributed by atoms with E-state index in [2.05, 4.69) is 95.5 Å². The summed E-state index contributed by atoms with van der Waals surface area (Å²) < 4.78 is 0. The number of nitrogens with one attached hydrogen (secondary N) is 2. The van der Waals surface area contributed by atoms with Crippen LogP contribution in [0.4, 0.5) is 0 Å². The number of carbonyl (C=O) groups excluding carboxylic acids is 2.